The highest BCUT2D eigenvalue weighted by molar-refractivity contribution is 6.01. The maximum atomic E-state index is 10.9. The summed E-state index contributed by atoms with van der Waals surface area (Å²) >= 11 is 0. The smallest absolute Gasteiger partial charge is 0.311 e. The van der Waals surface area contributed by atoms with Crippen LogP contribution in [0, 0.1) is 21.4 Å². The molecule has 0 aliphatic heterocycles. The lowest BCUT2D eigenvalue weighted by Gasteiger charge is -2.05. The van der Waals surface area contributed by atoms with Crippen LogP contribution in [-0.2, 0) is 0 Å². The summed E-state index contributed by atoms with van der Waals surface area (Å²) in [6.45, 7) is 0. The standard InChI is InChI=1S/C19H12N2O3/c20-12-15(10-13-8-9-19(22)18(11-13)21(23)24)17-7-3-5-14-4-1-2-6-16(14)17/h1-11,22H/b15-10-. The van der Waals surface area contributed by atoms with Gasteiger partial charge in [-0.1, -0.05) is 48.5 Å². The molecule has 0 fully saturated rings. The molecular weight excluding hydrogens is 304 g/mol. The van der Waals surface area contributed by atoms with Gasteiger partial charge in [-0.3, -0.25) is 10.1 Å². The van der Waals surface area contributed by atoms with Crippen LogP contribution in [0.1, 0.15) is 11.1 Å². The largest absolute Gasteiger partial charge is 0.502 e. The average Bonchev–Trinajstić information content (AvgIpc) is 2.60. The second-order valence-electron chi connectivity index (χ2n) is 5.20. The number of fused-ring (bicyclic) bond motifs is 1. The number of hydrogen-bond acceptors (Lipinski definition) is 4. The number of nitro groups is 1. The molecule has 0 saturated carbocycles. The van der Waals surface area contributed by atoms with Crippen LogP contribution in [0.3, 0.4) is 0 Å². The first-order valence-electron chi connectivity index (χ1n) is 7.17. The Balaban J connectivity index is 2.15. The molecule has 0 radical (unpaired) electrons. The summed E-state index contributed by atoms with van der Waals surface area (Å²) in [7, 11) is 0. The lowest BCUT2D eigenvalue weighted by Crippen LogP contribution is -1.90. The number of hydrogen-bond donors (Lipinski definition) is 1. The number of nitriles is 1. The molecule has 0 aliphatic rings. The molecule has 24 heavy (non-hydrogen) atoms. The predicted octanol–water partition coefficient (Wildman–Crippen LogP) is 4.52. The van der Waals surface area contributed by atoms with Crippen LogP contribution in [0.4, 0.5) is 5.69 Å². The average molecular weight is 316 g/mol. The minimum Gasteiger partial charge on any atom is -0.502 e. The van der Waals surface area contributed by atoms with E-state index in [0.29, 0.717) is 11.1 Å². The van der Waals surface area contributed by atoms with Gasteiger partial charge in [0, 0.05) is 11.6 Å². The minimum absolute atomic E-state index is 0.390. The molecule has 0 unspecified atom stereocenters. The second kappa shape index (κ2) is 6.23. The van der Waals surface area contributed by atoms with E-state index in [9.17, 15) is 20.5 Å². The Morgan fingerprint density at radius 2 is 1.88 bits per heavy atom. The van der Waals surface area contributed by atoms with Gasteiger partial charge in [-0.2, -0.15) is 5.26 Å². The predicted molar refractivity (Wildman–Crippen MR) is 92.2 cm³/mol. The van der Waals surface area contributed by atoms with Crippen molar-refractivity contribution >= 4 is 28.1 Å². The molecular formula is C19H12N2O3. The maximum absolute atomic E-state index is 10.9. The summed E-state index contributed by atoms with van der Waals surface area (Å²) in [5.74, 6) is -0.402. The van der Waals surface area contributed by atoms with E-state index in [1.807, 2.05) is 42.5 Å². The van der Waals surface area contributed by atoms with Gasteiger partial charge in [0.05, 0.1) is 16.6 Å². The van der Waals surface area contributed by atoms with Crippen molar-refractivity contribution < 1.29 is 10.0 Å². The zero-order valence-electron chi connectivity index (χ0n) is 12.5. The van der Waals surface area contributed by atoms with Crippen LogP contribution in [0.2, 0.25) is 0 Å². The summed E-state index contributed by atoms with van der Waals surface area (Å²) in [6, 6.07) is 19.5. The van der Waals surface area contributed by atoms with Crippen LogP contribution in [0.15, 0.2) is 60.7 Å². The zero-order chi connectivity index (χ0) is 17.1. The molecule has 0 spiro atoms. The van der Waals surface area contributed by atoms with Crippen molar-refractivity contribution in [1.82, 2.24) is 0 Å². The number of nitrogens with zero attached hydrogens (tertiary/aromatic N) is 2. The Morgan fingerprint density at radius 3 is 2.62 bits per heavy atom. The van der Waals surface area contributed by atoms with Crippen molar-refractivity contribution in [3.8, 4) is 11.8 Å². The second-order valence-corrected chi connectivity index (χ2v) is 5.20. The maximum Gasteiger partial charge on any atom is 0.311 e. The minimum atomic E-state index is -0.656. The fourth-order valence-corrected chi connectivity index (χ4v) is 2.57. The fraction of sp³-hybridized carbons (Fsp3) is 0. The zero-order valence-corrected chi connectivity index (χ0v) is 12.5. The Kier molecular flexibility index (Phi) is 3.96. The molecule has 116 valence electrons. The number of phenolic OH excluding ortho intramolecular Hbond substituents is 1. The fourth-order valence-electron chi connectivity index (χ4n) is 2.57. The molecule has 0 atom stereocenters. The molecule has 0 saturated heterocycles. The van der Waals surface area contributed by atoms with E-state index < -0.39 is 10.7 Å². The number of allylic oxidation sites excluding steroid dienone is 1. The van der Waals surface area contributed by atoms with Crippen molar-refractivity contribution in [2.24, 2.45) is 0 Å². The Labute approximate surface area is 137 Å². The normalized spacial score (nSPS) is 11.2. The van der Waals surface area contributed by atoms with Gasteiger partial charge in [-0.25, -0.2) is 0 Å². The number of nitro benzene ring substituents is 1. The van der Waals surface area contributed by atoms with Gasteiger partial charge in [0.15, 0.2) is 5.75 Å². The molecule has 5 heteroatoms. The van der Waals surface area contributed by atoms with Crippen molar-refractivity contribution in [1.29, 1.82) is 5.26 Å². The molecule has 3 aromatic rings. The highest BCUT2D eigenvalue weighted by Gasteiger charge is 2.13. The van der Waals surface area contributed by atoms with Gasteiger partial charge in [0.1, 0.15) is 0 Å². The van der Waals surface area contributed by atoms with Gasteiger partial charge < -0.3 is 5.11 Å². The summed E-state index contributed by atoms with van der Waals surface area (Å²) < 4.78 is 0. The van der Waals surface area contributed by atoms with E-state index in [1.165, 1.54) is 18.2 Å². The van der Waals surface area contributed by atoms with Crippen LogP contribution in [0.5, 0.6) is 5.75 Å². The number of rotatable bonds is 3. The van der Waals surface area contributed by atoms with E-state index >= 15 is 0 Å². The molecule has 0 aromatic heterocycles. The molecule has 0 amide bonds. The van der Waals surface area contributed by atoms with Gasteiger partial charge in [0.25, 0.3) is 0 Å². The highest BCUT2D eigenvalue weighted by Crippen LogP contribution is 2.30. The first-order valence-corrected chi connectivity index (χ1v) is 7.17. The van der Waals surface area contributed by atoms with E-state index in [0.717, 1.165) is 16.3 Å². The molecule has 0 aliphatic carbocycles. The van der Waals surface area contributed by atoms with Crippen molar-refractivity contribution in [3.63, 3.8) is 0 Å². The third-order valence-corrected chi connectivity index (χ3v) is 3.71. The molecule has 0 heterocycles. The summed E-state index contributed by atoms with van der Waals surface area (Å²) in [6.07, 6.45) is 1.58. The molecule has 5 nitrogen and oxygen atoms in total. The molecule has 0 bridgehead atoms. The highest BCUT2D eigenvalue weighted by atomic mass is 16.6. The number of aromatic hydroxyl groups is 1. The SMILES string of the molecule is N#C/C(=C/c1ccc(O)c([N+](=O)[O-])c1)c1cccc2ccccc12. The molecule has 3 aromatic carbocycles. The van der Waals surface area contributed by atoms with Crippen molar-refractivity contribution in [2.45, 2.75) is 0 Å². The quantitative estimate of drug-likeness (QED) is 0.333. The monoisotopic (exact) mass is 316 g/mol. The first-order chi connectivity index (χ1) is 11.6. The van der Waals surface area contributed by atoms with Crippen LogP contribution in [0.25, 0.3) is 22.4 Å². The first kappa shape index (κ1) is 15.3. The van der Waals surface area contributed by atoms with Gasteiger partial charge >= 0.3 is 5.69 Å². The van der Waals surface area contributed by atoms with E-state index in [4.69, 9.17) is 0 Å². The summed E-state index contributed by atoms with van der Waals surface area (Å²) in [5, 5.41) is 31.9. The Morgan fingerprint density at radius 1 is 1.12 bits per heavy atom. The Hall–Kier alpha value is -3.65. The summed E-state index contributed by atoms with van der Waals surface area (Å²) in [5.41, 5.74) is 1.24. The van der Waals surface area contributed by atoms with Crippen molar-refractivity contribution in [3.05, 3.63) is 81.9 Å². The Bertz CT molecular complexity index is 1010. The van der Waals surface area contributed by atoms with Crippen LogP contribution in [-0.4, -0.2) is 10.0 Å². The van der Waals surface area contributed by atoms with Crippen LogP contribution >= 0.6 is 0 Å². The number of phenols is 1. The number of benzene rings is 3. The third-order valence-electron chi connectivity index (χ3n) is 3.71. The lowest BCUT2D eigenvalue weighted by atomic mass is 9.97. The van der Waals surface area contributed by atoms with E-state index in [1.54, 1.807) is 6.08 Å². The van der Waals surface area contributed by atoms with Crippen LogP contribution < -0.4 is 0 Å². The van der Waals surface area contributed by atoms with Gasteiger partial charge in [-0.05, 0) is 28.5 Å². The van der Waals surface area contributed by atoms with E-state index in [-0.39, 0.29) is 5.69 Å². The van der Waals surface area contributed by atoms with E-state index in [2.05, 4.69) is 6.07 Å². The third kappa shape index (κ3) is 2.81. The molecule has 1 N–H and O–H groups in total. The van der Waals surface area contributed by atoms with Crippen molar-refractivity contribution in [2.75, 3.05) is 0 Å². The van der Waals surface area contributed by atoms with Gasteiger partial charge in [-0.15, -0.1) is 0 Å². The summed E-state index contributed by atoms with van der Waals surface area (Å²) in [4.78, 5) is 10.3. The van der Waals surface area contributed by atoms with Gasteiger partial charge in [0.2, 0.25) is 0 Å². The lowest BCUT2D eigenvalue weighted by molar-refractivity contribution is -0.385. The molecule has 3 rings (SSSR count). The topological polar surface area (TPSA) is 87.2 Å².